The van der Waals surface area contributed by atoms with Crippen molar-refractivity contribution >= 4 is 11.8 Å². The number of carbonyl (C=O) groups excluding carboxylic acids is 2. The Bertz CT molecular complexity index is 854. The third kappa shape index (κ3) is 6.89. The first kappa shape index (κ1) is 24.0. The number of nitrogens with one attached hydrogen (secondary N) is 1. The van der Waals surface area contributed by atoms with Gasteiger partial charge in [-0.05, 0) is 36.3 Å². The molecule has 0 atom stereocenters. The molecular weight excluding hydrogens is 398 g/mol. The minimum Gasteiger partial charge on any atom is -0.493 e. The number of nitrogens with two attached hydrogens (primary N) is 1. The van der Waals surface area contributed by atoms with Gasteiger partial charge in [0.2, 0.25) is 5.75 Å². The Morgan fingerprint density at radius 2 is 1.52 bits per heavy atom. The van der Waals surface area contributed by atoms with Gasteiger partial charge >= 0.3 is 0 Å². The fourth-order valence-corrected chi connectivity index (χ4v) is 3.05. The first-order valence-electron chi connectivity index (χ1n) is 10.2. The molecule has 0 aromatic heterocycles. The summed E-state index contributed by atoms with van der Waals surface area (Å²) >= 11 is 0. The average Bonchev–Trinajstić information content (AvgIpc) is 2.79. The van der Waals surface area contributed by atoms with Gasteiger partial charge < -0.3 is 25.3 Å². The molecule has 0 aliphatic heterocycles. The summed E-state index contributed by atoms with van der Waals surface area (Å²) in [5, 5.41) is 2.89. The van der Waals surface area contributed by atoms with E-state index in [0.717, 1.165) is 25.2 Å². The van der Waals surface area contributed by atoms with Gasteiger partial charge in [0, 0.05) is 18.7 Å². The van der Waals surface area contributed by atoms with E-state index in [1.807, 2.05) is 12.1 Å². The number of primary amides is 1. The summed E-state index contributed by atoms with van der Waals surface area (Å²) < 4.78 is 16.0. The third-order valence-electron chi connectivity index (χ3n) is 4.86. The monoisotopic (exact) mass is 429 g/mol. The second-order valence-electron chi connectivity index (χ2n) is 6.93. The van der Waals surface area contributed by atoms with Crippen LogP contribution < -0.4 is 25.3 Å². The molecule has 0 heterocycles. The molecule has 0 aliphatic rings. The molecule has 2 aromatic rings. The van der Waals surface area contributed by atoms with Crippen molar-refractivity contribution in [3.05, 3.63) is 53.1 Å². The van der Waals surface area contributed by atoms with Gasteiger partial charge in [-0.25, -0.2) is 0 Å². The molecule has 2 aromatic carbocycles. The van der Waals surface area contributed by atoms with Crippen molar-refractivity contribution in [1.82, 2.24) is 10.2 Å². The SMILES string of the molecule is CCN(CC)Cc1ccc(CNC(=O)c2cc(OC)c(OCC(N)=O)c(OC)c2)cc1. The van der Waals surface area contributed by atoms with E-state index in [0.29, 0.717) is 12.1 Å². The number of hydrogen-bond acceptors (Lipinski definition) is 6. The number of nitrogens with zero attached hydrogens (tertiary/aromatic N) is 1. The number of benzene rings is 2. The Kier molecular flexibility index (Phi) is 9.14. The number of methoxy groups -OCH3 is 2. The lowest BCUT2D eigenvalue weighted by molar-refractivity contribution is -0.120. The minimum absolute atomic E-state index is 0.212. The lowest BCUT2D eigenvalue weighted by Gasteiger charge is -2.18. The molecule has 0 bridgehead atoms. The summed E-state index contributed by atoms with van der Waals surface area (Å²) in [7, 11) is 2.88. The zero-order valence-corrected chi connectivity index (χ0v) is 18.6. The summed E-state index contributed by atoms with van der Waals surface area (Å²) in [6.07, 6.45) is 0. The number of ether oxygens (including phenoxy) is 3. The van der Waals surface area contributed by atoms with Gasteiger partial charge in [0.15, 0.2) is 18.1 Å². The number of carbonyl (C=O) groups is 2. The Morgan fingerprint density at radius 1 is 0.968 bits per heavy atom. The van der Waals surface area contributed by atoms with Crippen LogP contribution in [0.1, 0.15) is 35.3 Å². The highest BCUT2D eigenvalue weighted by atomic mass is 16.5. The molecular formula is C23H31N3O5. The molecule has 2 amide bonds. The van der Waals surface area contributed by atoms with Crippen LogP contribution in [0.5, 0.6) is 17.2 Å². The molecule has 168 valence electrons. The maximum atomic E-state index is 12.7. The van der Waals surface area contributed by atoms with Crippen LogP contribution in [0.3, 0.4) is 0 Å². The molecule has 0 saturated carbocycles. The highest BCUT2D eigenvalue weighted by Gasteiger charge is 2.18. The van der Waals surface area contributed by atoms with Gasteiger partial charge in [-0.15, -0.1) is 0 Å². The van der Waals surface area contributed by atoms with Gasteiger partial charge in [0.05, 0.1) is 14.2 Å². The zero-order valence-electron chi connectivity index (χ0n) is 18.6. The van der Waals surface area contributed by atoms with Crippen molar-refractivity contribution in [3.8, 4) is 17.2 Å². The minimum atomic E-state index is -0.631. The topological polar surface area (TPSA) is 103 Å². The quantitative estimate of drug-likeness (QED) is 0.537. The van der Waals surface area contributed by atoms with E-state index in [2.05, 4.69) is 36.2 Å². The molecule has 2 rings (SSSR count). The van der Waals surface area contributed by atoms with Crippen LogP contribution in [0.2, 0.25) is 0 Å². The van der Waals surface area contributed by atoms with E-state index in [1.54, 1.807) is 0 Å². The molecule has 0 saturated heterocycles. The Hall–Kier alpha value is -3.26. The van der Waals surface area contributed by atoms with Gasteiger partial charge in [0.1, 0.15) is 0 Å². The molecule has 31 heavy (non-hydrogen) atoms. The summed E-state index contributed by atoms with van der Waals surface area (Å²) in [5.41, 5.74) is 7.71. The van der Waals surface area contributed by atoms with Gasteiger partial charge in [-0.2, -0.15) is 0 Å². The van der Waals surface area contributed by atoms with Crippen molar-refractivity contribution in [1.29, 1.82) is 0 Å². The summed E-state index contributed by atoms with van der Waals surface area (Å²) in [5.74, 6) is -0.165. The average molecular weight is 430 g/mol. The lowest BCUT2D eigenvalue weighted by atomic mass is 10.1. The largest absolute Gasteiger partial charge is 0.493 e. The molecule has 0 fully saturated rings. The highest BCUT2D eigenvalue weighted by molar-refractivity contribution is 5.95. The number of hydrogen-bond donors (Lipinski definition) is 2. The number of amides is 2. The van der Waals surface area contributed by atoms with Gasteiger partial charge in [-0.1, -0.05) is 38.1 Å². The van der Waals surface area contributed by atoms with Crippen LogP contribution in [0.4, 0.5) is 0 Å². The maximum Gasteiger partial charge on any atom is 0.255 e. The first-order valence-corrected chi connectivity index (χ1v) is 10.2. The van der Waals surface area contributed by atoms with Crippen LogP contribution in [-0.2, 0) is 17.9 Å². The molecule has 8 nitrogen and oxygen atoms in total. The van der Waals surface area contributed by atoms with E-state index in [9.17, 15) is 9.59 Å². The van der Waals surface area contributed by atoms with E-state index in [4.69, 9.17) is 19.9 Å². The summed E-state index contributed by atoms with van der Waals surface area (Å²) in [6, 6.07) is 11.2. The normalized spacial score (nSPS) is 10.6. The molecule has 8 heteroatoms. The van der Waals surface area contributed by atoms with E-state index in [-0.39, 0.29) is 29.8 Å². The summed E-state index contributed by atoms with van der Waals surface area (Å²) in [4.78, 5) is 26.0. The van der Waals surface area contributed by atoms with Crippen LogP contribution >= 0.6 is 0 Å². The fraction of sp³-hybridized carbons (Fsp3) is 0.391. The fourth-order valence-electron chi connectivity index (χ4n) is 3.05. The van der Waals surface area contributed by atoms with Gasteiger partial charge in [0.25, 0.3) is 11.8 Å². The first-order chi connectivity index (χ1) is 14.9. The highest BCUT2D eigenvalue weighted by Crippen LogP contribution is 2.38. The predicted molar refractivity (Wildman–Crippen MR) is 118 cm³/mol. The van der Waals surface area contributed by atoms with Crippen LogP contribution in [0.15, 0.2) is 36.4 Å². The lowest BCUT2D eigenvalue weighted by Crippen LogP contribution is -2.24. The molecule has 0 spiro atoms. The van der Waals surface area contributed by atoms with E-state index in [1.165, 1.54) is 31.9 Å². The van der Waals surface area contributed by atoms with Crippen molar-refractivity contribution in [3.63, 3.8) is 0 Å². The molecule has 3 N–H and O–H groups in total. The second-order valence-corrected chi connectivity index (χ2v) is 6.93. The zero-order chi connectivity index (χ0) is 22.8. The van der Waals surface area contributed by atoms with Crippen molar-refractivity contribution in [2.45, 2.75) is 26.9 Å². The molecule has 0 unspecified atom stereocenters. The van der Waals surface area contributed by atoms with E-state index >= 15 is 0 Å². The molecule has 0 aliphatic carbocycles. The van der Waals surface area contributed by atoms with Crippen molar-refractivity contribution in [2.24, 2.45) is 5.73 Å². The predicted octanol–water partition coefficient (Wildman–Crippen LogP) is 2.34. The Labute approximate surface area is 183 Å². The number of rotatable bonds is 12. The Balaban J connectivity index is 2.07. The third-order valence-corrected chi connectivity index (χ3v) is 4.86. The van der Waals surface area contributed by atoms with Gasteiger partial charge in [-0.3, -0.25) is 14.5 Å². The smallest absolute Gasteiger partial charge is 0.255 e. The maximum absolute atomic E-state index is 12.7. The van der Waals surface area contributed by atoms with Crippen LogP contribution in [0, 0.1) is 0 Å². The van der Waals surface area contributed by atoms with Crippen molar-refractivity contribution < 1.29 is 23.8 Å². The second kappa shape index (κ2) is 11.8. The van der Waals surface area contributed by atoms with E-state index < -0.39 is 5.91 Å². The standard InChI is InChI=1S/C23H31N3O5/c1-5-26(6-2)14-17-9-7-16(8-10-17)13-25-23(28)18-11-19(29-3)22(20(12-18)30-4)31-15-21(24)27/h7-12H,5-6,13-15H2,1-4H3,(H2,24,27)(H,25,28). The van der Waals surface area contributed by atoms with Crippen LogP contribution in [0.25, 0.3) is 0 Å². The van der Waals surface area contributed by atoms with Crippen molar-refractivity contribution in [2.75, 3.05) is 33.9 Å². The Morgan fingerprint density at radius 3 is 2.00 bits per heavy atom. The summed E-state index contributed by atoms with van der Waals surface area (Å²) in [6.45, 7) is 7.27. The molecule has 0 radical (unpaired) electrons. The van der Waals surface area contributed by atoms with Crippen LogP contribution in [-0.4, -0.2) is 50.6 Å².